The zero-order valence-corrected chi connectivity index (χ0v) is 20.5. The van der Waals surface area contributed by atoms with Crippen molar-refractivity contribution in [1.29, 1.82) is 0 Å². The molecule has 1 fully saturated rings. The molecule has 4 rings (SSSR count). The van der Waals surface area contributed by atoms with Crippen LogP contribution in [0.5, 0.6) is 0 Å². The van der Waals surface area contributed by atoms with Crippen LogP contribution in [0.15, 0.2) is 42.6 Å². The zero-order valence-electron chi connectivity index (χ0n) is 19.7. The van der Waals surface area contributed by atoms with Gasteiger partial charge in [-0.1, -0.05) is 6.07 Å². The maximum atomic E-state index is 13.4. The molecule has 0 saturated carbocycles. The van der Waals surface area contributed by atoms with E-state index in [4.69, 9.17) is 5.21 Å². The van der Waals surface area contributed by atoms with E-state index in [1.54, 1.807) is 12.1 Å². The quantitative estimate of drug-likeness (QED) is 0.218. The first-order chi connectivity index (χ1) is 17.9. The molecule has 2 aromatic heterocycles. The van der Waals surface area contributed by atoms with Crippen molar-refractivity contribution in [3.8, 4) is 11.8 Å². The second-order valence-electron chi connectivity index (χ2n) is 8.62. The van der Waals surface area contributed by atoms with Gasteiger partial charge in [-0.2, -0.15) is 13.2 Å². The highest BCUT2D eigenvalue weighted by Crippen LogP contribution is 2.31. The van der Waals surface area contributed by atoms with Crippen LogP contribution in [0.25, 0.3) is 10.9 Å². The second-order valence-corrected chi connectivity index (χ2v) is 10.9. The van der Waals surface area contributed by atoms with Crippen LogP contribution in [0.1, 0.15) is 29.0 Å². The number of carbonyl (C=O) groups is 2. The Morgan fingerprint density at radius 3 is 2.53 bits per heavy atom. The largest absolute Gasteiger partial charge is 0.406 e. The summed E-state index contributed by atoms with van der Waals surface area (Å²) in [5.74, 6) is 3.18. The first-order valence-corrected chi connectivity index (χ1v) is 13.2. The molecule has 0 spiro atoms. The van der Waals surface area contributed by atoms with Crippen molar-refractivity contribution in [3.05, 3.63) is 54.0 Å². The van der Waals surface area contributed by atoms with Gasteiger partial charge in [-0.05, 0) is 49.1 Å². The number of nitrogens with zero attached hydrogens (tertiary/aromatic N) is 2. The van der Waals surface area contributed by atoms with Gasteiger partial charge < -0.3 is 15.2 Å². The van der Waals surface area contributed by atoms with Gasteiger partial charge in [0.1, 0.15) is 22.1 Å². The molecule has 0 bridgehead atoms. The molecule has 3 aromatic rings. The maximum absolute atomic E-state index is 13.4. The van der Waals surface area contributed by atoms with Crippen LogP contribution < -0.4 is 16.1 Å². The Kier molecular flexibility index (Phi) is 7.61. The van der Waals surface area contributed by atoms with Crippen molar-refractivity contribution in [1.82, 2.24) is 15.0 Å². The molecule has 3 heterocycles. The van der Waals surface area contributed by atoms with E-state index in [1.807, 2.05) is 0 Å². The predicted molar refractivity (Wildman–Crippen MR) is 132 cm³/mol. The lowest BCUT2D eigenvalue weighted by Crippen LogP contribution is -2.32. The molecule has 1 saturated heterocycles. The highest BCUT2D eigenvalue weighted by atomic mass is 32.2. The number of alkyl halides is 3. The molecule has 0 atom stereocenters. The van der Waals surface area contributed by atoms with Crippen molar-refractivity contribution >= 4 is 43.9 Å². The van der Waals surface area contributed by atoms with E-state index in [1.165, 1.54) is 29.7 Å². The van der Waals surface area contributed by atoms with Crippen molar-refractivity contribution < 1.29 is 36.4 Å². The smallest absolute Gasteiger partial charge is 0.382 e. The lowest BCUT2D eigenvalue weighted by Gasteiger charge is -2.24. The Hall–Kier alpha value is -4.09. The highest BCUT2D eigenvalue weighted by Gasteiger charge is 2.30. The zero-order chi connectivity index (χ0) is 27.5. The molecule has 4 N–H and O–H groups in total. The Morgan fingerprint density at radius 2 is 1.89 bits per heavy atom. The number of pyridine rings is 1. The summed E-state index contributed by atoms with van der Waals surface area (Å²) in [6.45, 7) is -1.33. The summed E-state index contributed by atoms with van der Waals surface area (Å²) in [4.78, 5) is 27.4. The van der Waals surface area contributed by atoms with E-state index in [0.717, 1.165) is 10.8 Å². The number of hydrogen-bond donors (Lipinski definition) is 4. The summed E-state index contributed by atoms with van der Waals surface area (Å²) in [6, 6.07) is 8.68. The lowest BCUT2D eigenvalue weighted by molar-refractivity contribution is -0.140. The van der Waals surface area contributed by atoms with E-state index < -0.39 is 34.4 Å². The van der Waals surface area contributed by atoms with Crippen LogP contribution in [0.3, 0.4) is 0 Å². The summed E-state index contributed by atoms with van der Waals surface area (Å²) in [5.41, 5.74) is 2.24. The third-order valence-electron chi connectivity index (χ3n) is 5.86. The third-order valence-corrected chi connectivity index (χ3v) is 7.57. The molecule has 0 aliphatic carbocycles. The summed E-state index contributed by atoms with van der Waals surface area (Å²) < 4.78 is 64.6. The van der Waals surface area contributed by atoms with Crippen molar-refractivity contribution in [2.45, 2.75) is 31.6 Å². The highest BCUT2D eigenvalue weighted by molar-refractivity contribution is 7.91. The molecule has 10 nitrogen and oxygen atoms in total. The van der Waals surface area contributed by atoms with Gasteiger partial charge in [0.2, 0.25) is 0 Å². The minimum Gasteiger partial charge on any atom is -0.382 e. The molecule has 1 aliphatic heterocycles. The summed E-state index contributed by atoms with van der Waals surface area (Å²) >= 11 is 0. The average Bonchev–Trinajstić information content (AvgIpc) is 3.20. The number of hydroxylamine groups is 1. The second kappa shape index (κ2) is 10.7. The first kappa shape index (κ1) is 27.0. The fourth-order valence-corrected chi connectivity index (χ4v) is 5.55. The van der Waals surface area contributed by atoms with E-state index >= 15 is 0 Å². The Balaban J connectivity index is 1.60. The summed E-state index contributed by atoms with van der Waals surface area (Å²) in [5, 5.41) is 14.7. The molecule has 0 unspecified atom stereocenters. The van der Waals surface area contributed by atoms with E-state index in [9.17, 15) is 31.2 Å². The molecule has 0 radical (unpaired) electrons. The van der Waals surface area contributed by atoms with E-state index in [-0.39, 0.29) is 40.1 Å². The van der Waals surface area contributed by atoms with Crippen LogP contribution >= 0.6 is 0 Å². The van der Waals surface area contributed by atoms with Gasteiger partial charge in [0.05, 0.1) is 34.6 Å². The Labute approximate surface area is 215 Å². The van der Waals surface area contributed by atoms with Crippen molar-refractivity contribution in [3.63, 3.8) is 0 Å². The van der Waals surface area contributed by atoms with Crippen molar-refractivity contribution in [2.75, 3.05) is 22.1 Å². The normalized spacial score (nSPS) is 15.4. The fourth-order valence-electron chi connectivity index (χ4n) is 4.06. The molecule has 1 aromatic carbocycles. The number of carbonyl (C=O) groups excluding carboxylic acids is 2. The fraction of sp³-hybridized carbons (Fsp3) is 0.292. The van der Waals surface area contributed by atoms with Crippen LogP contribution in [-0.2, 0) is 21.2 Å². The number of fused-ring (bicyclic) bond motifs is 1. The van der Waals surface area contributed by atoms with Gasteiger partial charge in [0, 0.05) is 23.0 Å². The molecule has 14 heteroatoms. The number of anilines is 2. The number of hydrogen-bond acceptors (Lipinski definition) is 7. The minimum absolute atomic E-state index is 0.0362. The number of amides is 2. The average molecular weight is 550 g/mol. The van der Waals surface area contributed by atoms with Gasteiger partial charge in [0.25, 0.3) is 5.91 Å². The number of rotatable bonds is 5. The summed E-state index contributed by atoms with van der Waals surface area (Å²) in [6.07, 6.45) is -2.63. The van der Waals surface area contributed by atoms with Gasteiger partial charge >= 0.3 is 12.1 Å². The Morgan fingerprint density at radius 1 is 1.16 bits per heavy atom. The molecular formula is C24H22F3N5O5S. The third kappa shape index (κ3) is 6.61. The SMILES string of the molecule is O=C(C#Cc1cc2c(NC3CCS(=O)(=O)CC3)cccc2n1CC(F)(F)F)Nc1ccc(C(=O)NO)nc1. The topological polar surface area (TPSA) is 142 Å². The van der Waals surface area contributed by atoms with Crippen LogP contribution in [0, 0.1) is 11.8 Å². The van der Waals surface area contributed by atoms with Gasteiger partial charge in [-0.15, -0.1) is 0 Å². The van der Waals surface area contributed by atoms with Crippen LogP contribution in [-0.4, -0.2) is 58.7 Å². The van der Waals surface area contributed by atoms with Crippen LogP contribution in [0.2, 0.25) is 0 Å². The Bertz CT molecular complexity index is 1530. The van der Waals surface area contributed by atoms with Gasteiger partial charge in [-0.3, -0.25) is 14.8 Å². The van der Waals surface area contributed by atoms with Gasteiger partial charge in [-0.25, -0.2) is 18.9 Å². The lowest BCUT2D eigenvalue weighted by atomic mass is 10.1. The predicted octanol–water partition coefficient (Wildman–Crippen LogP) is 2.70. The summed E-state index contributed by atoms with van der Waals surface area (Å²) in [7, 11) is -3.08. The van der Waals surface area contributed by atoms with E-state index in [2.05, 4.69) is 27.5 Å². The number of benzene rings is 1. The van der Waals surface area contributed by atoms with Crippen LogP contribution in [0.4, 0.5) is 24.5 Å². The maximum Gasteiger partial charge on any atom is 0.406 e. The number of aromatic nitrogens is 2. The molecule has 38 heavy (non-hydrogen) atoms. The van der Waals surface area contributed by atoms with Crippen molar-refractivity contribution in [2.24, 2.45) is 0 Å². The van der Waals surface area contributed by atoms with Gasteiger partial charge in [0.15, 0.2) is 0 Å². The first-order valence-electron chi connectivity index (χ1n) is 11.3. The van der Waals surface area contributed by atoms with E-state index in [0.29, 0.717) is 23.9 Å². The standard InChI is InChI=1S/C24H22F3N5O5S/c25-24(26,27)14-32-17(5-7-22(33)30-16-4-6-20(28-13-16)23(34)31-35)12-18-19(2-1-3-21(18)32)29-15-8-10-38(36,37)11-9-15/h1-4,6,12-13,15,29,35H,8-11,14H2,(H,30,33)(H,31,34). The molecule has 1 aliphatic rings. The molecule has 2 amide bonds. The minimum atomic E-state index is -4.56. The number of sulfone groups is 1. The molecular weight excluding hydrogens is 527 g/mol. The number of nitrogens with one attached hydrogen (secondary N) is 3. The monoisotopic (exact) mass is 549 g/mol. The number of halogens is 3. The molecule has 200 valence electrons.